The van der Waals surface area contributed by atoms with Crippen molar-refractivity contribution in [2.75, 3.05) is 13.2 Å². The monoisotopic (exact) mass is 237 g/mol. The molecule has 1 saturated heterocycles. The summed E-state index contributed by atoms with van der Waals surface area (Å²) in [5, 5.41) is 13.5. The summed E-state index contributed by atoms with van der Waals surface area (Å²) < 4.78 is 1.62. The van der Waals surface area contributed by atoms with Crippen molar-refractivity contribution in [3.05, 3.63) is 18.0 Å². The number of likely N-dealkylation sites (tertiary alicyclic amines) is 1. The van der Waals surface area contributed by atoms with Gasteiger partial charge in [0.2, 0.25) is 0 Å². The highest BCUT2D eigenvalue weighted by Crippen LogP contribution is 2.18. The number of amides is 1. The van der Waals surface area contributed by atoms with Gasteiger partial charge in [-0.15, -0.1) is 0 Å². The van der Waals surface area contributed by atoms with E-state index in [0.29, 0.717) is 5.69 Å². The molecule has 1 unspecified atom stereocenters. The van der Waals surface area contributed by atoms with Gasteiger partial charge in [-0.2, -0.15) is 5.10 Å². The maximum absolute atomic E-state index is 12.3. The average molecular weight is 237 g/mol. The molecular formula is C12H19N3O2. The predicted molar refractivity (Wildman–Crippen MR) is 63.6 cm³/mol. The van der Waals surface area contributed by atoms with Crippen molar-refractivity contribution < 1.29 is 9.90 Å². The van der Waals surface area contributed by atoms with Gasteiger partial charge in [-0.1, -0.05) is 12.8 Å². The molecule has 5 nitrogen and oxygen atoms in total. The molecule has 1 amide bonds. The maximum Gasteiger partial charge on any atom is 0.274 e. The highest BCUT2D eigenvalue weighted by atomic mass is 16.3. The highest BCUT2D eigenvalue weighted by Gasteiger charge is 2.26. The van der Waals surface area contributed by atoms with Crippen LogP contribution < -0.4 is 0 Å². The van der Waals surface area contributed by atoms with E-state index in [0.717, 1.165) is 32.2 Å². The Labute approximate surface area is 101 Å². The topological polar surface area (TPSA) is 58.4 Å². The third kappa shape index (κ3) is 2.66. The number of hydrogen-bond acceptors (Lipinski definition) is 3. The Bertz CT molecular complexity index is 389. The molecule has 5 heteroatoms. The summed E-state index contributed by atoms with van der Waals surface area (Å²) >= 11 is 0. The highest BCUT2D eigenvalue weighted by molar-refractivity contribution is 5.92. The van der Waals surface area contributed by atoms with Gasteiger partial charge in [-0.3, -0.25) is 9.48 Å². The Morgan fingerprint density at radius 1 is 1.53 bits per heavy atom. The zero-order valence-corrected chi connectivity index (χ0v) is 10.2. The quantitative estimate of drug-likeness (QED) is 0.827. The summed E-state index contributed by atoms with van der Waals surface area (Å²) in [4.78, 5) is 14.0. The van der Waals surface area contributed by atoms with Gasteiger partial charge in [-0.25, -0.2) is 0 Å². The summed E-state index contributed by atoms with van der Waals surface area (Å²) in [7, 11) is 1.79. The van der Waals surface area contributed by atoms with Crippen LogP contribution in [-0.4, -0.2) is 44.9 Å². The van der Waals surface area contributed by atoms with Gasteiger partial charge in [0, 0.05) is 19.8 Å². The third-order valence-corrected chi connectivity index (χ3v) is 3.28. The summed E-state index contributed by atoms with van der Waals surface area (Å²) in [5.41, 5.74) is 0.466. The number of aliphatic hydroxyl groups excluding tert-OH is 1. The first-order chi connectivity index (χ1) is 8.22. The molecule has 1 N–H and O–H groups in total. The van der Waals surface area contributed by atoms with E-state index in [1.807, 2.05) is 0 Å². The minimum Gasteiger partial charge on any atom is -0.394 e. The van der Waals surface area contributed by atoms with Crippen LogP contribution in [0, 0.1) is 0 Å². The van der Waals surface area contributed by atoms with Crippen LogP contribution in [0.15, 0.2) is 12.3 Å². The smallest absolute Gasteiger partial charge is 0.274 e. The van der Waals surface area contributed by atoms with Crippen molar-refractivity contribution in [1.29, 1.82) is 0 Å². The van der Waals surface area contributed by atoms with Crippen LogP contribution in [0.2, 0.25) is 0 Å². The number of nitrogens with zero attached hydrogens (tertiary/aromatic N) is 3. The first-order valence-electron chi connectivity index (χ1n) is 6.14. The molecule has 1 aliphatic rings. The van der Waals surface area contributed by atoms with Crippen LogP contribution in [0.1, 0.15) is 36.2 Å². The third-order valence-electron chi connectivity index (χ3n) is 3.28. The molecule has 94 valence electrons. The Hall–Kier alpha value is -1.36. The largest absolute Gasteiger partial charge is 0.394 e. The summed E-state index contributed by atoms with van der Waals surface area (Å²) in [6.07, 6.45) is 5.86. The number of rotatable bonds is 2. The Morgan fingerprint density at radius 3 is 3.00 bits per heavy atom. The van der Waals surface area contributed by atoms with Gasteiger partial charge >= 0.3 is 0 Å². The number of aliphatic hydroxyl groups is 1. The lowest BCUT2D eigenvalue weighted by Gasteiger charge is -2.27. The van der Waals surface area contributed by atoms with E-state index in [9.17, 15) is 9.90 Å². The number of aryl methyl sites for hydroxylation is 1. The van der Waals surface area contributed by atoms with E-state index >= 15 is 0 Å². The fourth-order valence-corrected chi connectivity index (χ4v) is 2.31. The molecule has 0 saturated carbocycles. The van der Waals surface area contributed by atoms with Gasteiger partial charge in [0.15, 0.2) is 0 Å². The van der Waals surface area contributed by atoms with Gasteiger partial charge < -0.3 is 10.0 Å². The molecule has 1 aliphatic heterocycles. The van der Waals surface area contributed by atoms with Crippen molar-refractivity contribution in [3.8, 4) is 0 Å². The second kappa shape index (κ2) is 5.31. The molecule has 0 aliphatic carbocycles. The second-order valence-corrected chi connectivity index (χ2v) is 4.56. The van der Waals surface area contributed by atoms with Crippen molar-refractivity contribution in [2.24, 2.45) is 7.05 Å². The Kier molecular flexibility index (Phi) is 3.78. The fraction of sp³-hybridized carbons (Fsp3) is 0.667. The normalized spacial score (nSPS) is 21.3. The molecule has 0 bridgehead atoms. The van der Waals surface area contributed by atoms with E-state index in [4.69, 9.17) is 0 Å². The van der Waals surface area contributed by atoms with Gasteiger partial charge in [0.05, 0.1) is 12.6 Å². The zero-order valence-electron chi connectivity index (χ0n) is 10.2. The first-order valence-corrected chi connectivity index (χ1v) is 6.14. The average Bonchev–Trinajstić information content (AvgIpc) is 2.64. The summed E-state index contributed by atoms with van der Waals surface area (Å²) in [5.74, 6) is -0.0634. The summed E-state index contributed by atoms with van der Waals surface area (Å²) in [6.45, 7) is 0.763. The van der Waals surface area contributed by atoms with Crippen molar-refractivity contribution in [1.82, 2.24) is 14.7 Å². The van der Waals surface area contributed by atoms with Crippen LogP contribution >= 0.6 is 0 Å². The van der Waals surface area contributed by atoms with E-state index in [1.165, 1.54) is 0 Å². The standard InChI is InChI=1S/C12H19N3O2/c1-14-8-6-11(13-14)12(17)15-7-4-2-3-5-10(15)9-16/h6,8,10,16H,2-5,7,9H2,1H3. The first kappa shape index (κ1) is 12.1. The van der Waals surface area contributed by atoms with Crippen LogP contribution in [0.25, 0.3) is 0 Å². The van der Waals surface area contributed by atoms with Gasteiger partial charge in [0.1, 0.15) is 5.69 Å². The van der Waals surface area contributed by atoms with Crippen molar-refractivity contribution in [3.63, 3.8) is 0 Å². The minimum atomic E-state index is -0.0634. The Morgan fingerprint density at radius 2 is 2.35 bits per heavy atom. The fourth-order valence-electron chi connectivity index (χ4n) is 2.31. The molecule has 1 fully saturated rings. The molecule has 0 radical (unpaired) electrons. The van der Waals surface area contributed by atoms with E-state index in [1.54, 1.807) is 28.9 Å². The van der Waals surface area contributed by atoms with Gasteiger partial charge in [0.25, 0.3) is 5.91 Å². The van der Waals surface area contributed by atoms with Crippen LogP contribution in [0.5, 0.6) is 0 Å². The SMILES string of the molecule is Cn1ccc(C(=O)N2CCCCCC2CO)n1. The maximum atomic E-state index is 12.3. The van der Waals surface area contributed by atoms with E-state index in [2.05, 4.69) is 5.10 Å². The molecular weight excluding hydrogens is 218 g/mol. The lowest BCUT2D eigenvalue weighted by atomic mass is 10.1. The van der Waals surface area contributed by atoms with E-state index in [-0.39, 0.29) is 18.6 Å². The molecule has 1 aromatic heterocycles. The molecule has 1 atom stereocenters. The van der Waals surface area contributed by atoms with E-state index < -0.39 is 0 Å². The molecule has 1 aromatic rings. The lowest BCUT2D eigenvalue weighted by Crippen LogP contribution is -2.42. The van der Waals surface area contributed by atoms with Gasteiger partial charge in [-0.05, 0) is 18.9 Å². The molecule has 2 heterocycles. The molecule has 0 aromatic carbocycles. The lowest BCUT2D eigenvalue weighted by molar-refractivity contribution is 0.0593. The van der Waals surface area contributed by atoms with Crippen LogP contribution in [0.4, 0.5) is 0 Å². The molecule has 2 rings (SSSR count). The summed E-state index contributed by atoms with van der Waals surface area (Å²) in [6, 6.07) is 1.67. The molecule has 0 spiro atoms. The zero-order chi connectivity index (χ0) is 12.3. The second-order valence-electron chi connectivity index (χ2n) is 4.56. The predicted octanol–water partition coefficient (Wildman–Crippen LogP) is 0.797. The number of carbonyl (C=O) groups is 1. The number of hydrogen-bond donors (Lipinski definition) is 1. The van der Waals surface area contributed by atoms with Crippen LogP contribution in [0.3, 0.4) is 0 Å². The van der Waals surface area contributed by atoms with Crippen LogP contribution in [-0.2, 0) is 7.05 Å². The minimum absolute atomic E-state index is 0.0403. The van der Waals surface area contributed by atoms with Crippen molar-refractivity contribution >= 4 is 5.91 Å². The number of aromatic nitrogens is 2. The molecule has 17 heavy (non-hydrogen) atoms. The number of carbonyl (C=O) groups excluding carboxylic acids is 1. The van der Waals surface area contributed by atoms with Crippen molar-refractivity contribution in [2.45, 2.75) is 31.7 Å². The Balaban J connectivity index is 2.15.